The molecule has 1 aromatic heterocycles. The summed E-state index contributed by atoms with van der Waals surface area (Å²) in [6.07, 6.45) is 0.804. The molecule has 7 heteroatoms. The van der Waals surface area contributed by atoms with E-state index in [4.69, 9.17) is 4.74 Å². The second-order valence-electron chi connectivity index (χ2n) is 4.34. The van der Waals surface area contributed by atoms with Gasteiger partial charge in [-0.05, 0) is 40.5 Å². The van der Waals surface area contributed by atoms with Crippen LogP contribution < -0.4 is 10.1 Å². The zero-order chi connectivity index (χ0) is 15.2. The number of anilines is 1. The maximum atomic E-state index is 11.3. The Hall–Kier alpha value is -1.60. The average Bonchev–Trinajstić information content (AvgIpc) is 2.88. The lowest BCUT2D eigenvalue weighted by Gasteiger charge is -2.10. The molecule has 1 heterocycles. The molecule has 0 radical (unpaired) electrons. The Morgan fingerprint density at radius 3 is 2.90 bits per heavy atom. The van der Waals surface area contributed by atoms with Crippen molar-refractivity contribution in [1.82, 2.24) is 0 Å². The van der Waals surface area contributed by atoms with Gasteiger partial charge in [0.25, 0.3) is 0 Å². The van der Waals surface area contributed by atoms with Gasteiger partial charge in [0.1, 0.15) is 5.69 Å². The van der Waals surface area contributed by atoms with Gasteiger partial charge in [0.05, 0.1) is 11.5 Å². The number of nitro benzene ring substituents is 1. The molecule has 0 aliphatic carbocycles. The van der Waals surface area contributed by atoms with Crippen LogP contribution in [0.5, 0.6) is 5.75 Å². The average molecular weight is 371 g/mol. The fourth-order valence-corrected chi connectivity index (χ4v) is 3.20. The van der Waals surface area contributed by atoms with Crippen LogP contribution in [0.25, 0.3) is 0 Å². The van der Waals surface area contributed by atoms with Gasteiger partial charge in [-0.25, -0.2) is 0 Å². The zero-order valence-corrected chi connectivity index (χ0v) is 13.9. The minimum Gasteiger partial charge on any atom is -0.487 e. The van der Waals surface area contributed by atoms with Crippen LogP contribution in [0, 0.1) is 10.1 Å². The molecule has 1 N–H and O–H groups in total. The highest BCUT2D eigenvalue weighted by Gasteiger charge is 2.20. The molecule has 1 aromatic carbocycles. The van der Waals surface area contributed by atoms with Gasteiger partial charge in [-0.1, -0.05) is 13.0 Å². The van der Waals surface area contributed by atoms with E-state index in [9.17, 15) is 10.1 Å². The Bertz CT molecular complexity index is 630. The van der Waals surface area contributed by atoms with Gasteiger partial charge >= 0.3 is 5.69 Å². The largest absolute Gasteiger partial charge is 0.487 e. The van der Waals surface area contributed by atoms with Crippen LogP contribution in [0.3, 0.4) is 0 Å². The molecule has 0 saturated carbocycles. The summed E-state index contributed by atoms with van der Waals surface area (Å²) in [7, 11) is 0. The minimum atomic E-state index is -0.405. The standard InChI is InChI=1S/C14H15BrN2O3S/c1-2-6-20-13-5-3-4-12(14(13)17(18)19)16-8-11-7-10(15)9-21-11/h3-5,7,9,16H,2,6,8H2,1H3. The predicted molar refractivity (Wildman–Crippen MR) is 88.2 cm³/mol. The van der Waals surface area contributed by atoms with Crippen molar-refractivity contribution in [3.63, 3.8) is 0 Å². The van der Waals surface area contributed by atoms with Gasteiger partial charge in [0, 0.05) is 21.3 Å². The summed E-state index contributed by atoms with van der Waals surface area (Å²) in [6, 6.07) is 7.06. The molecule has 0 amide bonds. The highest BCUT2D eigenvalue weighted by molar-refractivity contribution is 9.10. The number of hydrogen-bond acceptors (Lipinski definition) is 5. The van der Waals surface area contributed by atoms with Crippen molar-refractivity contribution in [2.24, 2.45) is 0 Å². The second kappa shape index (κ2) is 7.42. The second-order valence-corrected chi connectivity index (χ2v) is 6.25. The van der Waals surface area contributed by atoms with Crippen molar-refractivity contribution >= 4 is 38.6 Å². The Balaban J connectivity index is 2.19. The van der Waals surface area contributed by atoms with Crippen LogP contribution in [0.2, 0.25) is 0 Å². The fraction of sp³-hybridized carbons (Fsp3) is 0.286. The number of para-hydroxylation sites is 1. The van der Waals surface area contributed by atoms with Gasteiger partial charge in [-0.2, -0.15) is 0 Å². The molecule has 0 saturated heterocycles. The smallest absolute Gasteiger partial charge is 0.333 e. The number of nitrogens with zero attached hydrogens (tertiary/aromatic N) is 1. The first kappa shape index (κ1) is 15.8. The number of halogens is 1. The first-order valence-electron chi connectivity index (χ1n) is 6.48. The number of hydrogen-bond donors (Lipinski definition) is 1. The van der Waals surface area contributed by atoms with Crippen molar-refractivity contribution in [1.29, 1.82) is 0 Å². The third kappa shape index (κ3) is 4.18. The molecule has 21 heavy (non-hydrogen) atoms. The Kier molecular flexibility index (Phi) is 5.58. The third-order valence-electron chi connectivity index (χ3n) is 2.72. The number of rotatable bonds is 7. The lowest BCUT2D eigenvalue weighted by atomic mass is 10.2. The lowest BCUT2D eigenvalue weighted by Crippen LogP contribution is -2.04. The van der Waals surface area contributed by atoms with Gasteiger partial charge in [0.15, 0.2) is 5.75 Å². The van der Waals surface area contributed by atoms with Crippen LogP contribution in [-0.4, -0.2) is 11.5 Å². The van der Waals surface area contributed by atoms with E-state index in [1.807, 2.05) is 18.4 Å². The van der Waals surface area contributed by atoms with Crippen LogP contribution in [0.15, 0.2) is 34.1 Å². The third-order valence-corrected chi connectivity index (χ3v) is 4.42. The Labute approximate surface area is 135 Å². The minimum absolute atomic E-state index is 0.0124. The summed E-state index contributed by atoms with van der Waals surface area (Å²) in [5, 5.41) is 16.4. The van der Waals surface area contributed by atoms with Crippen LogP contribution >= 0.6 is 27.3 Å². The van der Waals surface area contributed by atoms with Crippen LogP contribution in [0.1, 0.15) is 18.2 Å². The number of ether oxygens (including phenoxy) is 1. The van der Waals surface area contributed by atoms with E-state index >= 15 is 0 Å². The molecular weight excluding hydrogens is 356 g/mol. The first-order valence-corrected chi connectivity index (χ1v) is 8.16. The number of nitro groups is 1. The van der Waals surface area contributed by atoms with Gasteiger partial charge in [-0.15, -0.1) is 11.3 Å². The van der Waals surface area contributed by atoms with E-state index in [0.717, 1.165) is 15.8 Å². The van der Waals surface area contributed by atoms with Crippen molar-refractivity contribution in [2.45, 2.75) is 19.9 Å². The monoisotopic (exact) mass is 370 g/mol. The van der Waals surface area contributed by atoms with Crippen molar-refractivity contribution < 1.29 is 9.66 Å². The molecule has 0 spiro atoms. The number of thiophene rings is 1. The lowest BCUT2D eigenvalue weighted by molar-refractivity contribution is -0.385. The molecular formula is C14H15BrN2O3S. The van der Waals surface area contributed by atoms with Gasteiger partial charge in [0.2, 0.25) is 0 Å². The maximum Gasteiger partial charge on any atom is 0.333 e. The fourth-order valence-electron chi connectivity index (χ4n) is 1.81. The molecule has 0 unspecified atom stereocenters. The van der Waals surface area contributed by atoms with Crippen molar-refractivity contribution in [3.8, 4) is 5.75 Å². The molecule has 2 rings (SSSR count). The molecule has 0 atom stereocenters. The van der Waals surface area contributed by atoms with Gasteiger partial charge in [-0.3, -0.25) is 10.1 Å². The highest BCUT2D eigenvalue weighted by atomic mass is 79.9. The van der Waals surface area contributed by atoms with E-state index in [1.165, 1.54) is 0 Å². The van der Waals surface area contributed by atoms with E-state index < -0.39 is 4.92 Å². The normalized spacial score (nSPS) is 10.4. The predicted octanol–water partition coefficient (Wildman–Crippen LogP) is 4.82. The Morgan fingerprint density at radius 1 is 1.48 bits per heavy atom. The van der Waals surface area contributed by atoms with E-state index in [1.54, 1.807) is 29.5 Å². The van der Waals surface area contributed by atoms with Crippen molar-refractivity contribution in [3.05, 3.63) is 49.1 Å². The summed E-state index contributed by atoms with van der Waals surface area (Å²) in [5.41, 5.74) is 0.458. The van der Waals surface area contributed by atoms with Gasteiger partial charge < -0.3 is 10.1 Å². The molecule has 2 aromatic rings. The zero-order valence-electron chi connectivity index (χ0n) is 11.5. The summed E-state index contributed by atoms with van der Waals surface area (Å²) >= 11 is 4.98. The number of benzene rings is 1. The summed E-state index contributed by atoms with van der Waals surface area (Å²) in [6.45, 7) is 2.96. The summed E-state index contributed by atoms with van der Waals surface area (Å²) < 4.78 is 6.47. The van der Waals surface area contributed by atoms with E-state index in [0.29, 0.717) is 24.6 Å². The van der Waals surface area contributed by atoms with Crippen LogP contribution in [-0.2, 0) is 6.54 Å². The SMILES string of the molecule is CCCOc1cccc(NCc2cc(Br)cs2)c1[N+](=O)[O-]. The highest BCUT2D eigenvalue weighted by Crippen LogP contribution is 2.35. The number of nitrogens with one attached hydrogen (secondary N) is 1. The van der Waals surface area contributed by atoms with Crippen molar-refractivity contribution in [2.75, 3.05) is 11.9 Å². The topological polar surface area (TPSA) is 64.4 Å². The van der Waals surface area contributed by atoms with E-state index in [-0.39, 0.29) is 5.69 Å². The molecule has 5 nitrogen and oxygen atoms in total. The quantitative estimate of drug-likeness (QED) is 0.560. The Morgan fingerprint density at radius 2 is 2.29 bits per heavy atom. The molecule has 0 aliphatic rings. The van der Waals surface area contributed by atoms with E-state index in [2.05, 4.69) is 21.2 Å². The molecule has 0 aliphatic heterocycles. The molecule has 0 bridgehead atoms. The molecule has 0 fully saturated rings. The summed E-state index contributed by atoms with van der Waals surface area (Å²) in [4.78, 5) is 12.0. The maximum absolute atomic E-state index is 11.3. The summed E-state index contributed by atoms with van der Waals surface area (Å²) in [5.74, 6) is 0.305. The first-order chi connectivity index (χ1) is 10.1. The van der Waals surface area contributed by atoms with Crippen LogP contribution in [0.4, 0.5) is 11.4 Å². The molecule has 112 valence electrons.